The van der Waals surface area contributed by atoms with Crippen molar-refractivity contribution in [1.29, 1.82) is 0 Å². The highest BCUT2D eigenvalue weighted by molar-refractivity contribution is 5.43. The Morgan fingerprint density at radius 3 is 2.80 bits per heavy atom. The highest BCUT2D eigenvalue weighted by Gasteiger charge is 2.26. The molecule has 0 bridgehead atoms. The molecule has 82 valence electrons. The first-order valence-electron chi connectivity index (χ1n) is 5.80. The minimum absolute atomic E-state index is 0.562. The molecule has 0 radical (unpaired) electrons. The number of nitrogen functional groups attached to an aromatic ring is 1. The number of nitrogens with zero attached hydrogens (tertiary/aromatic N) is 2. The molecular formula is C11H17N3O. The number of rotatable bonds is 1. The fraction of sp³-hybridized carbons (Fsp3) is 0.727. The van der Waals surface area contributed by atoms with Gasteiger partial charge in [0.25, 0.3) is 0 Å². The summed E-state index contributed by atoms with van der Waals surface area (Å²) in [6.07, 6.45) is 6.49. The molecule has 2 N–H and O–H groups in total. The summed E-state index contributed by atoms with van der Waals surface area (Å²) in [4.78, 5) is 0. The number of hydrogen-bond acceptors (Lipinski definition) is 3. The summed E-state index contributed by atoms with van der Waals surface area (Å²) < 4.78 is 7.56. The van der Waals surface area contributed by atoms with Gasteiger partial charge in [-0.2, -0.15) is 5.10 Å². The van der Waals surface area contributed by atoms with Crippen LogP contribution in [-0.2, 0) is 18.0 Å². The Morgan fingerprint density at radius 1 is 1.20 bits per heavy atom. The van der Waals surface area contributed by atoms with E-state index in [1.807, 2.05) is 0 Å². The standard InChI is InChI=1S/C11H17N3O/c12-11-9-6-15-7-10(9)14(13-11)8-4-2-1-3-5-8/h8H,1-7H2,(H2,12,13). The maximum absolute atomic E-state index is 5.89. The van der Waals surface area contributed by atoms with E-state index in [2.05, 4.69) is 9.78 Å². The van der Waals surface area contributed by atoms with Gasteiger partial charge < -0.3 is 10.5 Å². The number of hydrogen-bond donors (Lipinski definition) is 1. The molecule has 1 aliphatic heterocycles. The molecule has 1 saturated carbocycles. The molecule has 3 rings (SSSR count). The lowest BCUT2D eigenvalue weighted by Crippen LogP contribution is -2.16. The average Bonchev–Trinajstić information content (AvgIpc) is 2.84. The zero-order chi connectivity index (χ0) is 10.3. The molecular weight excluding hydrogens is 190 g/mol. The number of ether oxygens (including phenoxy) is 1. The summed E-state index contributed by atoms with van der Waals surface area (Å²) in [5.74, 6) is 0.674. The Labute approximate surface area is 89.4 Å². The van der Waals surface area contributed by atoms with E-state index >= 15 is 0 Å². The quantitative estimate of drug-likeness (QED) is 0.766. The van der Waals surface area contributed by atoms with Gasteiger partial charge in [-0.15, -0.1) is 0 Å². The topological polar surface area (TPSA) is 53.1 Å². The molecule has 0 saturated heterocycles. The van der Waals surface area contributed by atoms with E-state index in [0.29, 0.717) is 25.1 Å². The molecule has 4 heteroatoms. The molecule has 2 heterocycles. The molecule has 0 atom stereocenters. The van der Waals surface area contributed by atoms with Crippen molar-refractivity contribution >= 4 is 5.82 Å². The van der Waals surface area contributed by atoms with E-state index in [1.165, 1.54) is 37.8 Å². The van der Waals surface area contributed by atoms with Crippen LogP contribution in [0.1, 0.15) is 49.4 Å². The third-order valence-electron chi connectivity index (χ3n) is 3.56. The minimum atomic E-state index is 0.562. The Kier molecular flexibility index (Phi) is 2.16. The average molecular weight is 207 g/mol. The maximum Gasteiger partial charge on any atom is 0.151 e. The second kappa shape index (κ2) is 3.52. The van der Waals surface area contributed by atoms with Gasteiger partial charge in [0, 0.05) is 5.56 Å². The smallest absolute Gasteiger partial charge is 0.151 e. The van der Waals surface area contributed by atoms with Crippen LogP contribution in [0.4, 0.5) is 5.82 Å². The molecule has 0 aromatic carbocycles. The van der Waals surface area contributed by atoms with Crippen molar-refractivity contribution in [3.8, 4) is 0 Å². The second-order valence-corrected chi connectivity index (χ2v) is 4.54. The van der Waals surface area contributed by atoms with E-state index in [-0.39, 0.29) is 0 Å². The van der Waals surface area contributed by atoms with Gasteiger partial charge in [-0.1, -0.05) is 19.3 Å². The molecule has 1 aliphatic carbocycles. The molecule has 1 aromatic heterocycles. The summed E-state index contributed by atoms with van der Waals surface area (Å²) >= 11 is 0. The van der Waals surface area contributed by atoms with Crippen LogP contribution >= 0.6 is 0 Å². The first kappa shape index (κ1) is 9.21. The highest BCUT2D eigenvalue weighted by atomic mass is 16.5. The number of aromatic nitrogens is 2. The molecule has 0 amide bonds. The summed E-state index contributed by atoms with van der Waals surface area (Å²) in [6.45, 7) is 1.34. The predicted octanol–water partition coefficient (Wildman–Crippen LogP) is 2.00. The van der Waals surface area contributed by atoms with E-state index in [0.717, 1.165) is 5.56 Å². The Hall–Kier alpha value is -1.03. The summed E-state index contributed by atoms with van der Waals surface area (Å²) in [5.41, 5.74) is 8.23. The van der Waals surface area contributed by atoms with Gasteiger partial charge >= 0.3 is 0 Å². The van der Waals surface area contributed by atoms with Gasteiger partial charge in [0.2, 0.25) is 0 Å². The van der Waals surface area contributed by atoms with Crippen molar-refractivity contribution in [2.45, 2.75) is 51.4 Å². The van der Waals surface area contributed by atoms with Gasteiger partial charge in [0.05, 0.1) is 24.9 Å². The van der Waals surface area contributed by atoms with Crippen LogP contribution in [0.25, 0.3) is 0 Å². The molecule has 2 aliphatic rings. The van der Waals surface area contributed by atoms with Crippen molar-refractivity contribution < 1.29 is 4.74 Å². The van der Waals surface area contributed by atoms with Crippen LogP contribution in [-0.4, -0.2) is 9.78 Å². The van der Waals surface area contributed by atoms with Crippen LogP contribution in [0.15, 0.2) is 0 Å². The van der Waals surface area contributed by atoms with Gasteiger partial charge in [-0.3, -0.25) is 4.68 Å². The molecule has 0 unspecified atom stereocenters. The number of fused-ring (bicyclic) bond motifs is 1. The normalized spacial score (nSPS) is 21.9. The van der Waals surface area contributed by atoms with Crippen molar-refractivity contribution in [2.75, 3.05) is 5.73 Å². The SMILES string of the molecule is Nc1nn(C2CCCCC2)c2c1COC2. The van der Waals surface area contributed by atoms with Crippen LogP contribution in [0.3, 0.4) is 0 Å². The highest BCUT2D eigenvalue weighted by Crippen LogP contribution is 2.33. The monoisotopic (exact) mass is 207 g/mol. The van der Waals surface area contributed by atoms with Crippen LogP contribution in [0.5, 0.6) is 0 Å². The Morgan fingerprint density at radius 2 is 2.00 bits per heavy atom. The van der Waals surface area contributed by atoms with Crippen molar-refractivity contribution in [3.05, 3.63) is 11.3 Å². The van der Waals surface area contributed by atoms with Crippen LogP contribution in [0, 0.1) is 0 Å². The van der Waals surface area contributed by atoms with Gasteiger partial charge in [0.15, 0.2) is 5.82 Å². The third kappa shape index (κ3) is 1.44. The van der Waals surface area contributed by atoms with Crippen molar-refractivity contribution in [2.24, 2.45) is 0 Å². The van der Waals surface area contributed by atoms with Crippen LogP contribution < -0.4 is 5.73 Å². The minimum Gasteiger partial charge on any atom is -0.382 e. The van der Waals surface area contributed by atoms with Gasteiger partial charge in [-0.25, -0.2) is 0 Å². The summed E-state index contributed by atoms with van der Waals surface area (Å²) in [5, 5.41) is 4.47. The lowest BCUT2D eigenvalue weighted by molar-refractivity contribution is 0.127. The first-order chi connectivity index (χ1) is 7.36. The maximum atomic E-state index is 5.89. The van der Waals surface area contributed by atoms with Crippen molar-refractivity contribution in [3.63, 3.8) is 0 Å². The van der Waals surface area contributed by atoms with Crippen molar-refractivity contribution in [1.82, 2.24) is 9.78 Å². The molecule has 4 nitrogen and oxygen atoms in total. The largest absolute Gasteiger partial charge is 0.382 e. The second-order valence-electron chi connectivity index (χ2n) is 4.54. The Bertz CT molecular complexity index is 366. The van der Waals surface area contributed by atoms with Crippen LogP contribution in [0.2, 0.25) is 0 Å². The molecule has 15 heavy (non-hydrogen) atoms. The Balaban J connectivity index is 1.93. The summed E-state index contributed by atoms with van der Waals surface area (Å²) in [7, 11) is 0. The molecule has 0 spiro atoms. The van der Waals surface area contributed by atoms with Gasteiger partial charge in [0.1, 0.15) is 0 Å². The first-order valence-corrected chi connectivity index (χ1v) is 5.80. The predicted molar refractivity (Wildman–Crippen MR) is 57.3 cm³/mol. The third-order valence-corrected chi connectivity index (χ3v) is 3.56. The lowest BCUT2D eigenvalue weighted by atomic mass is 9.95. The molecule has 1 fully saturated rings. The zero-order valence-electron chi connectivity index (χ0n) is 8.91. The lowest BCUT2D eigenvalue weighted by Gasteiger charge is -2.23. The van der Waals surface area contributed by atoms with Gasteiger partial charge in [-0.05, 0) is 12.8 Å². The van der Waals surface area contributed by atoms with E-state index in [1.54, 1.807) is 0 Å². The molecule has 1 aromatic rings. The fourth-order valence-corrected chi connectivity index (χ4v) is 2.71. The zero-order valence-corrected chi connectivity index (χ0v) is 8.91. The number of anilines is 1. The van der Waals surface area contributed by atoms with E-state index in [4.69, 9.17) is 10.5 Å². The van der Waals surface area contributed by atoms with E-state index in [9.17, 15) is 0 Å². The number of nitrogens with two attached hydrogens (primary N) is 1. The fourth-order valence-electron chi connectivity index (χ4n) is 2.71. The summed E-state index contributed by atoms with van der Waals surface area (Å²) in [6, 6.07) is 0.562. The van der Waals surface area contributed by atoms with E-state index < -0.39 is 0 Å².